The number of ether oxygens (including phenoxy) is 1. The van der Waals surface area contributed by atoms with E-state index in [9.17, 15) is 8.42 Å². The average molecular weight is 292 g/mol. The highest BCUT2D eigenvalue weighted by Crippen LogP contribution is 2.19. The average Bonchev–Trinajstić information content (AvgIpc) is 2.75. The molecule has 2 N–H and O–H groups in total. The lowest BCUT2D eigenvalue weighted by molar-refractivity contribution is 0.133. The van der Waals surface area contributed by atoms with Crippen molar-refractivity contribution in [3.63, 3.8) is 0 Å². The summed E-state index contributed by atoms with van der Waals surface area (Å²) in [5, 5.41) is 4.65. The lowest BCUT2D eigenvalue weighted by Gasteiger charge is -2.13. The van der Waals surface area contributed by atoms with E-state index < -0.39 is 10.0 Å². The van der Waals surface area contributed by atoms with Gasteiger partial charge in [0.1, 0.15) is 0 Å². The summed E-state index contributed by atoms with van der Waals surface area (Å²) in [6.07, 6.45) is 0. The Balaban J connectivity index is 2.67. The Morgan fingerprint density at radius 3 is 2.83 bits per heavy atom. The molecular formula is C11H20N2O3S2. The predicted molar refractivity (Wildman–Crippen MR) is 73.4 cm³/mol. The highest BCUT2D eigenvalue weighted by molar-refractivity contribution is 7.89. The Bertz CT molecular complexity index is 457. The molecule has 7 heteroatoms. The fourth-order valence-corrected chi connectivity index (χ4v) is 3.95. The van der Waals surface area contributed by atoms with Gasteiger partial charge in [-0.2, -0.15) is 0 Å². The van der Waals surface area contributed by atoms with Gasteiger partial charge in [-0.25, -0.2) is 13.1 Å². The number of rotatable bonds is 8. The smallest absolute Gasteiger partial charge is 0.241 e. The number of hydrogen-bond acceptors (Lipinski definition) is 5. The lowest BCUT2D eigenvalue weighted by atomic mass is 10.4. The number of hydrogen-bond donors (Lipinski definition) is 2. The predicted octanol–water partition coefficient (Wildman–Crippen LogP) is 1.17. The van der Waals surface area contributed by atoms with Gasteiger partial charge in [-0.3, -0.25) is 0 Å². The van der Waals surface area contributed by atoms with Crippen molar-refractivity contribution in [3.05, 3.63) is 16.3 Å². The van der Waals surface area contributed by atoms with Gasteiger partial charge in [0, 0.05) is 29.5 Å². The van der Waals surface area contributed by atoms with Crippen LogP contribution < -0.4 is 10.0 Å². The second-order valence-electron chi connectivity index (χ2n) is 3.96. The van der Waals surface area contributed by atoms with Gasteiger partial charge in [0.2, 0.25) is 10.0 Å². The summed E-state index contributed by atoms with van der Waals surface area (Å²) in [6.45, 7) is 5.30. The fourth-order valence-electron chi connectivity index (χ4n) is 1.43. The third-order valence-electron chi connectivity index (χ3n) is 2.22. The summed E-state index contributed by atoms with van der Waals surface area (Å²) in [6, 6.07) is 1.46. The minimum Gasteiger partial charge on any atom is -0.380 e. The van der Waals surface area contributed by atoms with Crippen LogP contribution in [0, 0.1) is 0 Å². The summed E-state index contributed by atoms with van der Waals surface area (Å²) >= 11 is 1.43. The number of thiophene rings is 1. The first-order chi connectivity index (χ1) is 8.49. The molecule has 0 saturated carbocycles. The van der Waals surface area contributed by atoms with Crippen LogP contribution in [0.25, 0.3) is 0 Å². The van der Waals surface area contributed by atoms with E-state index in [4.69, 9.17) is 4.74 Å². The maximum Gasteiger partial charge on any atom is 0.241 e. The summed E-state index contributed by atoms with van der Waals surface area (Å²) in [7, 11) is -1.61. The molecule has 104 valence electrons. The quantitative estimate of drug-likeness (QED) is 0.755. The fraction of sp³-hybridized carbons (Fsp3) is 0.636. The molecule has 0 radical (unpaired) electrons. The van der Waals surface area contributed by atoms with Gasteiger partial charge in [0.15, 0.2) is 0 Å². The Morgan fingerprint density at radius 2 is 2.22 bits per heavy atom. The van der Waals surface area contributed by atoms with E-state index in [1.807, 2.05) is 14.0 Å². The van der Waals surface area contributed by atoms with E-state index in [2.05, 4.69) is 10.0 Å². The SMILES string of the molecule is CCOCC(C)NS(=O)(=O)c1csc(CNC)c1. The summed E-state index contributed by atoms with van der Waals surface area (Å²) < 4.78 is 31.9. The molecule has 0 fully saturated rings. The largest absolute Gasteiger partial charge is 0.380 e. The first kappa shape index (κ1) is 15.6. The Kier molecular flexibility index (Phi) is 6.24. The molecule has 1 aromatic heterocycles. The summed E-state index contributed by atoms with van der Waals surface area (Å²) in [5.41, 5.74) is 0. The molecule has 5 nitrogen and oxygen atoms in total. The maximum atomic E-state index is 12.0. The molecule has 1 aromatic rings. The van der Waals surface area contributed by atoms with E-state index >= 15 is 0 Å². The molecule has 0 aliphatic carbocycles. The molecule has 0 aliphatic rings. The van der Waals surface area contributed by atoms with Crippen molar-refractivity contribution in [1.82, 2.24) is 10.0 Å². The van der Waals surface area contributed by atoms with Crippen molar-refractivity contribution in [2.75, 3.05) is 20.3 Å². The van der Waals surface area contributed by atoms with E-state index in [0.717, 1.165) is 4.88 Å². The minimum atomic E-state index is -3.43. The maximum absolute atomic E-state index is 12.0. The van der Waals surface area contributed by atoms with Crippen LogP contribution in [0.5, 0.6) is 0 Å². The van der Waals surface area contributed by atoms with Crippen molar-refractivity contribution in [3.8, 4) is 0 Å². The highest BCUT2D eigenvalue weighted by atomic mass is 32.2. The zero-order chi connectivity index (χ0) is 13.6. The van der Waals surface area contributed by atoms with Crippen molar-refractivity contribution in [1.29, 1.82) is 0 Å². The molecule has 0 aliphatic heterocycles. The van der Waals surface area contributed by atoms with Gasteiger partial charge in [-0.1, -0.05) is 0 Å². The Labute approximate surface area is 113 Å². The van der Waals surface area contributed by atoms with Crippen LogP contribution >= 0.6 is 11.3 Å². The topological polar surface area (TPSA) is 67.4 Å². The van der Waals surface area contributed by atoms with E-state index in [1.54, 1.807) is 18.4 Å². The van der Waals surface area contributed by atoms with E-state index in [-0.39, 0.29) is 6.04 Å². The Hall–Kier alpha value is -0.470. The van der Waals surface area contributed by atoms with Crippen LogP contribution in [0.1, 0.15) is 18.7 Å². The van der Waals surface area contributed by atoms with Crippen LogP contribution in [0.2, 0.25) is 0 Å². The highest BCUT2D eigenvalue weighted by Gasteiger charge is 2.18. The molecule has 1 rings (SSSR count). The molecule has 0 amide bonds. The van der Waals surface area contributed by atoms with Crippen LogP contribution in [0.15, 0.2) is 16.3 Å². The van der Waals surface area contributed by atoms with Crippen molar-refractivity contribution in [2.45, 2.75) is 31.3 Å². The monoisotopic (exact) mass is 292 g/mol. The third kappa shape index (κ3) is 4.66. The number of sulfonamides is 1. The van der Waals surface area contributed by atoms with Gasteiger partial charge >= 0.3 is 0 Å². The molecular weight excluding hydrogens is 272 g/mol. The van der Waals surface area contributed by atoms with E-state index in [0.29, 0.717) is 24.7 Å². The van der Waals surface area contributed by atoms with Crippen molar-refractivity contribution >= 4 is 21.4 Å². The second kappa shape index (κ2) is 7.20. The van der Waals surface area contributed by atoms with E-state index in [1.165, 1.54) is 11.3 Å². The standard InChI is InChI=1S/C11H20N2O3S2/c1-4-16-7-9(2)13-18(14,15)11-5-10(6-12-3)17-8-11/h5,8-9,12-13H,4,6-7H2,1-3H3. The van der Waals surface area contributed by atoms with Gasteiger partial charge in [-0.15, -0.1) is 11.3 Å². The molecule has 18 heavy (non-hydrogen) atoms. The zero-order valence-electron chi connectivity index (χ0n) is 10.9. The lowest BCUT2D eigenvalue weighted by Crippen LogP contribution is -2.35. The third-order valence-corrected chi connectivity index (χ3v) is 4.87. The first-order valence-electron chi connectivity index (χ1n) is 5.81. The summed E-state index contributed by atoms with van der Waals surface area (Å²) in [5.74, 6) is 0. The van der Waals surface area contributed by atoms with Gasteiger partial charge < -0.3 is 10.1 Å². The molecule has 1 unspecified atom stereocenters. The van der Waals surface area contributed by atoms with Crippen LogP contribution in [-0.2, 0) is 21.3 Å². The minimum absolute atomic E-state index is 0.234. The molecule has 0 saturated heterocycles. The normalized spacial score (nSPS) is 13.7. The van der Waals surface area contributed by atoms with Crippen LogP contribution in [-0.4, -0.2) is 34.7 Å². The van der Waals surface area contributed by atoms with Crippen molar-refractivity contribution < 1.29 is 13.2 Å². The van der Waals surface area contributed by atoms with Crippen LogP contribution in [0.4, 0.5) is 0 Å². The molecule has 0 spiro atoms. The van der Waals surface area contributed by atoms with Gasteiger partial charge in [-0.05, 0) is 27.0 Å². The van der Waals surface area contributed by atoms with Crippen LogP contribution in [0.3, 0.4) is 0 Å². The van der Waals surface area contributed by atoms with Gasteiger partial charge in [0.05, 0.1) is 11.5 Å². The molecule has 1 atom stereocenters. The second-order valence-corrected chi connectivity index (χ2v) is 6.67. The zero-order valence-corrected chi connectivity index (χ0v) is 12.5. The van der Waals surface area contributed by atoms with Crippen molar-refractivity contribution in [2.24, 2.45) is 0 Å². The Morgan fingerprint density at radius 1 is 1.50 bits per heavy atom. The molecule has 0 bridgehead atoms. The number of nitrogens with one attached hydrogen (secondary N) is 2. The molecule has 0 aromatic carbocycles. The summed E-state index contributed by atoms with van der Waals surface area (Å²) in [4.78, 5) is 1.32. The van der Waals surface area contributed by atoms with Gasteiger partial charge in [0.25, 0.3) is 0 Å². The first-order valence-corrected chi connectivity index (χ1v) is 8.18. The molecule has 1 heterocycles.